The molecule has 0 aliphatic carbocycles. The maximum atomic E-state index is 10.4. The van der Waals surface area contributed by atoms with E-state index in [1.807, 2.05) is 0 Å². The summed E-state index contributed by atoms with van der Waals surface area (Å²) in [5.74, 6) is 1.87. The third-order valence-corrected chi connectivity index (χ3v) is 7.58. The second-order valence-electron chi connectivity index (χ2n) is 11.0. The summed E-state index contributed by atoms with van der Waals surface area (Å²) in [5.41, 5.74) is 4.64. The van der Waals surface area contributed by atoms with Gasteiger partial charge in [-0.2, -0.15) is 26.3 Å². The van der Waals surface area contributed by atoms with Gasteiger partial charge in [-0.15, -0.1) is 12.6 Å². The third-order valence-electron chi connectivity index (χ3n) is 7.21. The van der Waals surface area contributed by atoms with Crippen LogP contribution in [0.15, 0.2) is 71.6 Å². The minimum atomic E-state index is -6.06. The molecular formula is C36H46F6O2S. The normalized spacial score (nSPS) is 11.6. The molecule has 0 aliphatic rings. The first-order chi connectivity index (χ1) is 21.5. The summed E-state index contributed by atoms with van der Waals surface area (Å²) in [5, 5.41) is 0. The Hall–Kier alpha value is -2.81. The zero-order valence-electron chi connectivity index (χ0n) is 26.3. The number of hydrogen-bond acceptors (Lipinski definition) is 3. The lowest BCUT2D eigenvalue weighted by atomic mass is 9.94. The molecule has 0 aromatic heterocycles. The zero-order valence-corrected chi connectivity index (χ0v) is 27.2. The van der Waals surface area contributed by atoms with Crippen LogP contribution in [-0.2, 0) is 0 Å². The van der Waals surface area contributed by atoms with Crippen LogP contribution in [0.3, 0.4) is 0 Å². The Kier molecular flexibility index (Phi) is 17.3. The number of unbranched alkanes of at least 4 members (excludes halogenated alkanes) is 10. The zero-order chi connectivity index (χ0) is 33.1. The summed E-state index contributed by atoms with van der Waals surface area (Å²) in [6.45, 7) is 6.08. The molecule has 0 heterocycles. The highest BCUT2D eigenvalue weighted by molar-refractivity contribution is 7.80. The molecule has 3 aromatic rings. The van der Waals surface area contributed by atoms with Gasteiger partial charge >= 0.3 is 12.4 Å². The van der Waals surface area contributed by atoms with Crippen molar-refractivity contribution >= 4 is 12.6 Å². The highest BCUT2D eigenvalue weighted by atomic mass is 32.1. The summed E-state index contributed by atoms with van der Waals surface area (Å²) < 4.78 is 74.6. The first kappa shape index (κ1) is 38.4. The van der Waals surface area contributed by atoms with Gasteiger partial charge in [-0.25, -0.2) is 0 Å². The quantitative estimate of drug-likeness (QED) is 0.0834. The topological polar surface area (TPSA) is 18.5 Å². The Morgan fingerprint density at radius 3 is 1.33 bits per heavy atom. The maximum absolute atomic E-state index is 10.4. The number of ether oxygens (including phenoxy) is 2. The number of halogens is 6. The Balaban J connectivity index is 0.000000777. The summed E-state index contributed by atoms with van der Waals surface area (Å²) in [6.07, 6.45) is 3.18. The molecule has 0 N–H and O–H groups in total. The monoisotopic (exact) mass is 656 g/mol. The molecule has 2 nitrogen and oxygen atoms in total. The predicted molar refractivity (Wildman–Crippen MR) is 174 cm³/mol. The fraction of sp³-hybridized carbons (Fsp3) is 0.500. The van der Waals surface area contributed by atoms with Crippen molar-refractivity contribution < 1.29 is 35.8 Å². The molecule has 0 aliphatic heterocycles. The van der Waals surface area contributed by atoms with Crippen molar-refractivity contribution in [1.82, 2.24) is 0 Å². The van der Waals surface area contributed by atoms with Crippen molar-refractivity contribution in [3.05, 3.63) is 66.7 Å². The Bertz CT molecular complexity index is 1200. The summed E-state index contributed by atoms with van der Waals surface area (Å²) in [6, 6.07) is 23.2. The van der Waals surface area contributed by atoms with Crippen molar-refractivity contribution in [3.8, 4) is 33.8 Å². The molecule has 9 heteroatoms. The standard InChI is InChI=1S/C34H46O2S.C2F6/c1-3-5-7-9-11-13-26-35-30-22-18-28(19-23-30)32-16-15-17-33(37)34(32)29-20-24-31(25-21-29)36-27-14-12-10-8-6-4-2;3-1(4,5)2(6,7)8/h15-25,37H,3-14,26-27H2,1-2H3;. The van der Waals surface area contributed by atoms with Crippen molar-refractivity contribution in [1.29, 1.82) is 0 Å². The van der Waals surface area contributed by atoms with Gasteiger partial charge in [0.2, 0.25) is 0 Å². The number of thiol groups is 1. The van der Waals surface area contributed by atoms with Crippen LogP contribution in [0.2, 0.25) is 0 Å². The predicted octanol–water partition coefficient (Wildman–Crippen LogP) is 12.9. The molecule has 0 bridgehead atoms. The number of rotatable bonds is 18. The molecule has 250 valence electrons. The molecule has 0 spiro atoms. The number of benzene rings is 3. The fourth-order valence-corrected chi connectivity index (χ4v) is 5.01. The van der Waals surface area contributed by atoms with Crippen LogP contribution in [0.1, 0.15) is 90.9 Å². The van der Waals surface area contributed by atoms with Crippen molar-refractivity contribution in [2.45, 2.75) is 108 Å². The lowest BCUT2D eigenvalue weighted by Gasteiger charge is -2.14. The largest absolute Gasteiger partial charge is 0.494 e. The van der Waals surface area contributed by atoms with Crippen LogP contribution in [0, 0.1) is 0 Å². The summed E-state index contributed by atoms with van der Waals surface area (Å²) in [7, 11) is 0. The van der Waals surface area contributed by atoms with E-state index < -0.39 is 12.4 Å². The Morgan fingerprint density at radius 2 is 0.911 bits per heavy atom. The summed E-state index contributed by atoms with van der Waals surface area (Å²) >= 11 is 4.81. The van der Waals surface area contributed by atoms with Gasteiger partial charge in [0.1, 0.15) is 11.5 Å². The van der Waals surface area contributed by atoms with E-state index in [4.69, 9.17) is 22.1 Å². The highest BCUT2D eigenvalue weighted by Crippen LogP contribution is 2.38. The molecule has 0 amide bonds. The summed E-state index contributed by atoms with van der Waals surface area (Å²) in [4.78, 5) is 0.974. The van der Waals surface area contributed by atoms with Crippen molar-refractivity contribution in [2.24, 2.45) is 0 Å². The van der Waals surface area contributed by atoms with E-state index in [9.17, 15) is 26.3 Å². The fourth-order valence-electron chi connectivity index (χ4n) is 4.68. The van der Waals surface area contributed by atoms with Gasteiger partial charge in [0.25, 0.3) is 0 Å². The Morgan fingerprint density at radius 1 is 0.511 bits per heavy atom. The van der Waals surface area contributed by atoms with Crippen LogP contribution in [0.5, 0.6) is 11.5 Å². The smallest absolute Gasteiger partial charge is 0.487 e. The molecular weight excluding hydrogens is 610 g/mol. The molecule has 45 heavy (non-hydrogen) atoms. The average Bonchev–Trinajstić information content (AvgIpc) is 3.00. The van der Waals surface area contributed by atoms with Gasteiger partial charge in [-0.05, 0) is 59.9 Å². The van der Waals surface area contributed by atoms with Gasteiger partial charge < -0.3 is 9.47 Å². The van der Waals surface area contributed by atoms with Gasteiger partial charge in [-0.1, -0.05) is 114 Å². The highest BCUT2D eigenvalue weighted by Gasteiger charge is 2.58. The van der Waals surface area contributed by atoms with E-state index in [0.29, 0.717) is 0 Å². The molecule has 0 fully saturated rings. The SMILES string of the molecule is CCCCCCCCOc1ccc(-c2cccc(S)c2-c2ccc(OCCCCCCCC)cc2)cc1.FC(F)(F)C(F)(F)F. The first-order valence-corrected chi connectivity index (χ1v) is 16.3. The van der Waals surface area contributed by atoms with E-state index >= 15 is 0 Å². The van der Waals surface area contributed by atoms with Gasteiger partial charge in [0.05, 0.1) is 13.2 Å². The second-order valence-corrected chi connectivity index (χ2v) is 11.5. The molecule has 0 atom stereocenters. The number of alkyl halides is 6. The molecule has 0 saturated heterocycles. The van der Waals surface area contributed by atoms with Crippen LogP contribution in [0.25, 0.3) is 22.3 Å². The van der Waals surface area contributed by atoms with Crippen molar-refractivity contribution in [3.63, 3.8) is 0 Å². The maximum Gasteiger partial charge on any atom is 0.487 e. The second kappa shape index (κ2) is 20.3. The van der Waals surface area contributed by atoms with Crippen LogP contribution >= 0.6 is 12.6 Å². The molecule has 0 radical (unpaired) electrons. The van der Waals surface area contributed by atoms with Gasteiger partial charge in [-0.3, -0.25) is 0 Å². The first-order valence-electron chi connectivity index (χ1n) is 15.9. The van der Waals surface area contributed by atoms with E-state index in [1.54, 1.807) is 0 Å². The average molecular weight is 657 g/mol. The van der Waals surface area contributed by atoms with E-state index in [0.717, 1.165) is 53.6 Å². The van der Waals surface area contributed by atoms with Crippen LogP contribution in [-0.4, -0.2) is 25.6 Å². The lowest BCUT2D eigenvalue weighted by molar-refractivity contribution is -0.339. The van der Waals surface area contributed by atoms with Gasteiger partial charge in [0.15, 0.2) is 0 Å². The van der Waals surface area contributed by atoms with E-state index in [1.165, 1.54) is 75.3 Å². The Labute approximate surface area is 269 Å². The lowest BCUT2D eigenvalue weighted by Crippen LogP contribution is -2.30. The van der Waals surface area contributed by atoms with Gasteiger partial charge in [0, 0.05) is 10.5 Å². The van der Waals surface area contributed by atoms with E-state index in [2.05, 4.69) is 80.6 Å². The van der Waals surface area contributed by atoms with Crippen LogP contribution < -0.4 is 9.47 Å². The number of hydrogen-bond donors (Lipinski definition) is 1. The molecule has 3 aromatic carbocycles. The van der Waals surface area contributed by atoms with Crippen LogP contribution in [0.4, 0.5) is 26.3 Å². The minimum absolute atomic E-state index is 0.785. The minimum Gasteiger partial charge on any atom is -0.494 e. The molecule has 0 saturated carbocycles. The molecule has 3 rings (SSSR count). The third kappa shape index (κ3) is 14.4. The van der Waals surface area contributed by atoms with E-state index in [-0.39, 0.29) is 0 Å². The van der Waals surface area contributed by atoms with Crippen molar-refractivity contribution in [2.75, 3.05) is 13.2 Å². The molecule has 0 unspecified atom stereocenters.